The molecule has 2 aliphatic heterocycles. The highest BCUT2D eigenvalue weighted by atomic mass is 32.3. The minimum Gasteiger partial charge on any atom is -0.488 e. The van der Waals surface area contributed by atoms with Gasteiger partial charge in [-0.15, -0.1) is 0 Å². The fraction of sp³-hybridized carbons (Fsp3) is 0.800. The second-order valence-electron chi connectivity index (χ2n) is 10.4. The largest absolute Gasteiger partial charge is 0.488 e. The van der Waals surface area contributed by atoms with Gasteiger partial charge in [0.05, 0.1) is 19.8 Å². The minimum atomic E-state index is -4.96. The lowest BCUT2D eigenvalue weighted by atomic mass is 9.95. The molecule has 2 aliphatic rings. The van der Waals surface area contributed by atoms with E-state index < -0.39 is 102 Å². The Bertz CT molecular complexity index is 1290. The van der Waals surface area contributed by atoms with Crippen LogP contribution < -0.4 is 26.2 Å². The summed E-state index contributed by atoms with van der Waals surface area (Å²) in [6, 6.07) is -1.26. The topological polar surface area (TPSA) is 286 Å². The second-order valence-corrected chi connectivity index (χ2v) is 11.5. The number of carbonyl (C=O) groups is 1. The van der Waals surface area contributed by atoms with Gasteiger partial charge in [-0.25, -0.2) is 4.18 Å². The maximum atomic E-state index is 12.1. The van der Waals surface area contributed by atoms with Crippen molar-refractivity contribution < 1.29 is 71.2 Å². The van der Waals surface area contributed by atoms with E-state index in [0.29, 0.717) is 25.8 Å². The molecule has 8 N–H and O–H groups in total. The molecule has 0 aliphatic carbocycles. The van der Waals surface area contributed by atoms with Crippen molar-refractivity contribution in [2.75, 3.05) is 38.3 Å². The third-order valence-electron chi connectivity index (χ3n) is 7.12. The molecule has 2 saturated heterocycles. The summed E-state index contributed by atoms with van der Waals surface area (Å²) in [7, 11) is -4.96. The summed E-state index contributed by atoms with van der Waals surface area (Å²) in [5.74, 6) is -0.586. The summed E-state index contributed by atoms with van der Waals surface area (Å²) in [5.41, 5.74) is -1.18. The van der Waals surface area contributed by atoms with Gasteiger partial charge < -0.3 is 59.9 Å². The summed E-state index contributed by atoms with van der Waals surface area (Å²) in [6.07, 6.45) is -13.4. The predicted octanol–water partition coefficient (Wildman–Crippen LogP) is -4.12. The molecule has 258 valence electrons. The van der Waals surface area contributed by atoms with Gasteiger partial charge in [0.1, 0.15) is 54.5 Å². The molecular weight excluding hydrogens is 632 g/mol. The summed E-state index contributed by atoms with van der Waals surface area (Å²) in [5, 5.41) is 57.1. The van der Waals surface area contributed by atoms with Crippen LogP contribution in [0.1, 0.15) is 33.1 Å². The summed E-state index contributed by atoms with van der Waals surface area (Å²) < 4.78 is 62.7. The van der Waals surface area contributed by atoms with Crippen LogP contribution in [0.25, 0.3) is 0 Å². The fourth-order valence-electron chi connectivity index (χ4n) is 4.86. The number of nitrogens with one attached hydrogen (secondary N) is 2. The predicted molar refractivity (Wildman–Crippen MR) is 149 cm³/mol. The fourth-order valence-corrected chi connectivity index (χ4v) is 5.17. The van der Waals surface area contributed by atoms with Gasteiger partial charge in [-0.05, 0) is 26.2 Å². The number of unbranched alkanes of at least 4 members (excludes halogenated alkanes) is 2. The number of hydrogen-bond donors (Lipinski definition) is 8. The molecule has 0 spiro atoms. The summed E-state index contributed by atoms with van der Waals surface area (Å²) >= 11 is 0. The van der Waals surface area contributed by atoms with Crippen molar-refractivity contribution in [2.24, 2.45) is 0 Å². The molecule has 0 radical (unpaired) electrons. The SMILES string of the molecule is CCOc1c(NCCCCCO[C@@H]2O[C@H](CO)[C@H](O)[C@H](O[C@@H]3O[C@H](COS(=O)(=O)O)[C@@H](O)[C@H](O)[C@H]3O)[C@H]2NC(C)=O)c(=O)c1=O. The van der Waals surface area contributed by atoms with Crippen LogP contribution in [0.4, 0.5) is 5.69 Å². The van der Waals surface area contributed by atoms with Crippen molar-refractivity contribution in [3.05, 3.63) is 20.4 Å². The molecule has 1 aromatic rings. The smallest absolute Gasteiger partial charge is 0.397 e. The molecule has 1 amide bonds. The zero-order chi connectivity index (χ0) is 33.5. The van der Waals surface area contributed by atoms with Gasteiger partial charge in [0.15, 0.2) is 18.3 Å². The Morgan fingerprint density at radius 3 is 2.24 bits per heavy atom. The van der Waals surface area contributed by atoms with E-state index in [1.165, 1.54) is 0 Å². The van der Waals surface area contributed by atoms with E-state index in [9.17, 15) is 48.3 Å². The molecule has 0 aromatic heterocycles. The van der Waals surface area contributed by atoms with Crippen LogP contribution in [0.5, 0.6) is 5.75 Å². The summed E-state index contributed by atoms with van der Waals surface area (Å²) in [4.78, 5) is 35.3. The number of hydrogen-bond acceptors (Lipinski definition) is 17. The Kier molecular flexibility index (Phi) is 13.6. The number of anilines is 1. The number of rotatable bonds is 17. The lowest BCUT2D eigenvalue weighted by molar-refractivity contribution is -0.344. The molecule has 20 heteroatoms. The van der Waals surface area contributed by atoms with E-state index in [0.717, 1.165) is 6.92 Å². The van der Waals surface area contributed by atoms with Crippen molar-refractivity contribution in [3.63, 3.8) is 0 Å². The van der Waals surface area contributed by atoms with Gasteiger partial charge in [0.25, 0.3) is 10.9 Å². The van der Waals surface area contributed by atoms with Gasteiger partial charge in [-0.3, -0.25) is 18.9 Å². The first-order valence-electron chi connectivity index (χ1n) is 14.2. The molecule has 0 saturated carbocycles. The van der Waals surface area contributed by atoms with E-state index in [4.69, 9.17) is 28.2 Å². The van der Waals surface area contributed by atoms with Gasteiger partial charge >= 0.3 is 10.4 Å². The Morgan fingerprint density at radius 2 is 1.62 bits per heavy atom. The maximum absolute atomic E-state index is 12.1. The standard InChI is InChI=1S/C25H40N2O17S/c1-3-39-22-14(18(32)20(22)34)26-7-5-4-6-8-40-24-15(27-11(2)29)23(17(31)12(9-28)42-24)44-25-21(35)19(33)16(30)13(43-25)10-41-45(36,37)38/h12-13,15-17,19,21,23-26,28,30-31,33,35H,3-10H2,1-2H3,(H,27,29)(H,36,37,38)/t12-,13-,15-,16-,17+,19+,21-,23-,24-,25+/m1/s1. The third-order valence-corrected chi connectivity index (χ3v) is 7.56. The average Bonchev–Trinajstić information content (AvgIpc) is 2.98. The monoisotopic (exact) mass is 672 g/mol. The van der Waals surface area contributed by atoms with Crippen molar-refractivity contribution in [1.29, 1.82) is 0 Å². The first kappa shape index (κ1) is 37.1. The average molecular weight is 673 g/mol. The Hall–Kier alpha value is -2.34. The highest BCUT2D eigenvalue weighted by Gasteiger charge is 2.51. The second kappa shape index (κ2) is 16.5. The lowest BCUT2D eigenvalue weighted by Crippen LogP contribution is -2.68. The Balaban J connectivity index is 1.62. The van der Waals surface area contributed by atoms with Gasteiger partial charge in [0, 0.05) is 20.1 Å². The van der Waals surface area contributed by atoms with Crippen LogP contribution in [0.15, 0.2) is 9.59 Å². The van der Waals surface area contributed by atoms with Crippen LogP contribution >= 0.6 is 0 Å². The van der Waals surface area contributed by atoms with Crippen LogP contribution in [0, 0.1) is 0 Å². The van der Waals surface area contributed by atoms with Crippen LogP contribution in [0.3, 0.4) is 0 Å². The van der Waals surface area contributed by atoms with E-state index in [1.807, 2.05) is 0 Å². The molecule has 2 fully saturated rings. The molecule has 19 nitrogen and oxygen atoms in total. The number of aliphatic hydroxyl groups is 5. The summed E-state index contributed by atoms with van der Waals surface area (Å²) in [6.45, 7) is 1.83. The Labute approximate surface area is 257 Å². The van der Waals surface area contributed by atoms with Crippen molar-refractivity contribution in [3.8, 4) is 5.75 Å². The number of aliphatic hydroxyl groups excluding tert-OH is 5. The van der Waals surface area contributed by atoms with Crippen molar-refractivity contribution in [2.45, 2.75) is 94.5 Å². The van der Waals surface area contributed by atoms with Gasteiger partial charge in [0.2, 0.25) is 5.91 Å². The van der Waals surface area contributed by atoms with Crippen LogP contribution in [-0.2, 0) is 38.3 Å². The quantitative estimate of drug-likeness (QED) is 0.0443. The highest BCUT2D eigenvalue weighted by Crippen LogP contribution is 2.30. The number of ether oxygens (including phenoxy) is 5. The molecule has 0 unspecified atom stereocenters. The van der Waals surface area contributed by atoms with Crippen LogP contribution in [0.2, 0.25) is 0 Å². The highest BCUT2D eigenvalue weighted by molar-refractivity contribution is 7.80. The normalized spacial score (nSPS) is 32.4. The van der Waals surface area contributed by atoms with E-state index in [2.05, 4.69) is 14.8 Å². The lowest BCUT2D eigenvalue weighted by Gasteiger charge is -2.47. The van der Waals surface area contributed by atoms with Crippen molar-refractivity contribution >= 4 is 22.0 Å². The molecule has 45 heavy (non-hydrogen) atoms. The van der Waals surface area contributed by atoms with Gasteiger partial charge in [-0.2, -0.15) is 8.42 Å². The number of carbonyl (C=O) groups excluding carboxylic acids is 1. The molecule has 3 rings (SSSR count). The number of amides is 1. The Morgan fingerprint density at radius 1 is 0.933 bits per heavy atom. The molecular formula is C25H40N2O17S. The van der Waals surface area contributed by atoms with Crippen molar-refractivity contribution in [1.82, 2.24) is 5.32 Å². The van der Waals surface area contributed by atoms with Crippen LogP contribution in [-0.4, -0.2) is 139 Å². The molecule has 0 bridgehead atoms. The van der Waals surface area contributed by atoms with E-state index in [-0.39, 0.29) is 24.7 Å². The first-order valence-corrected chi connectivity index (χ1v) is 15.6. The van der Waals surface area contributed by atoms with Gasteiger partial charge in [-0.1, -0.05) is 0 Å². The molecule has 1 aromatic carbocycles. The molecule has 2 heterocycles. The van der Waals surface area contributed by atoms with E-state index in [1.54, 1.807) is 6.92 Å². The zero-order valence-electron chi connectivity index (χ0n) is 24.5. The minimum absolute atomic E-state index is 0.0143. The van der Waals surface area contributed by atoms with E-state index >= 15 is 0 Å². The third kappa shape index (κ3) is 9.59. The maximum Gasteiger partial charge on any atom is 0.397 e. The molecule has 10 atom stereocenters. The first-order chi connectivity index (χ1) is 21.2. The zero-order valence-corrected chi connectivity index (χ0v) is 25.3.